The molecule has 9 heteroatoms. The van der Waals surface area contributed by atoms with Gasteiger partial charge in [-0.2, -0.15) is 0 Å². The summed E-state index contributed by atoms with van der Waals surface area (Å²) in [7, 11) is 0. The van der Waals surface area contributed by atoms with Gasteiger partial charge in [-0.1, -0.05) is 59.3 Å². The molecule has 0 fully saturated rings. The van der Waals surface area contributed by atoms with E-state index in [4.69, 9.17) is 16.3 Å². The monoisotopic (exact) mass is 533 g/mol. The molecule has 1 heterocycles. The zero-order valence-corrected chi connectivity index (χ0v) is 22.8. The van der Waals surface area contributed by atoms with Crippen LogP contribution in [0.1, 0.15) is 44.9 Å². The van der Waals surface area contributed by atoms with Crippen LogP contribution in [0.2, 0.25) is 5.02 Å². The summed E-state index contributed by atoms with van der Waals surface area (Å²) < 4.78 is 7.14. The van der Waals surface area contributed by atoms with Crippen molar-refractivity contribution in [3.63, 3.8) is 0 Å². The van der Waals surface area contributed by atoms with E-state index in [-0.39, 0.29) is 24.9 Å². The topological polar surface area (TPSA) is 89.4 Å². The van der Waals surface area contributed by atoms with Crippen LogP contribution in [-0.2, 0) is 22.7 Å². The Bertz CT molecular complexity index is 1410. The van der Waals surface area contributed by atoms with Gasteiger partial charge < -0.3 is 15.0 Å². The molecule has 4 rings (SSSR count). The van der Waals surface area contributed by atoms with Crippen LogP contribution in [0.25, 0.3) is 11.0 Å². The van der Waals surface area contributed by atoms with Crippen LogP contribution in [-0.4, -0.2) is 43.9 Å². The van der Waals surface area contributed by atoms with E-state index in [9.17, 15) is 9.59 Å². The van der Waals surface area contributed by atoms with Gasteiger partial charge in [-0.15, -0.1) is 5.10 Å². The summed E-state index contributed by atoms with van der Waals surface area (Å²) in [5.74, 6) is 0.0818. The third-order valence-corrected chi connectivity index (χ3v) is 6.26. The van der Waals surface area contributed by atoms with Crippen molar-refractivity contribution in [2.75, 3.05) is 6.61 Å². The number of hydrogen-bond acceptors (Lipinski definition) is 5. The van der Waals surface area contributed by atoms with Crippen molar-refractivity contribution in [2.24, 2.45) is 0 Å². The molecule has 4 aromatic rings. The minimum atomic E-state index is -0.927. The van der Waals surface area contributed by atoms with Crippen LogP contribution in [0.5, 0.6) is 5.75 Å². The Balaban J connectivity index is 1.77. The fourth-order valence-corrected chi connectivity index (χ4v) is 4.41. The number of amides is 2. The Hall–Kier alpha value is -3.91. The number of benzene rings is 3. The summed E-state index contributed by atoms with van der Waals surface area (Å²) in [5, 5.41) is 11.9. The van der Waals surface area contributed by atoms with Crippen molar-refractivity contribution in [3.8, 4) is 5.75 Å². The van der Waals surface area contributed by atoms with E-state index in [1.165, 1.54) is 0 Å². The van der Waals surface area contributed by atoms with Gasteiger partial charge in [-0.25, -0.2) is 4.68 Å². The Kier molecular flexibility index (Phi) is 8.32. The Morgan fingerprint density at radius 2 is 1.71 bits per heavy atom. The first-order chi connectivity index (χ1) is 18.2. The molecule has 1 N–H and O–H groups in total. The van der Waals surface area contributed by atoms with Crippen molar-refractivity contribution in [2.45, 2.75) is 52.4 Å². The molecule has 0 saturated carbocycles. The third kappa shape index (κ3) is 6.50. The van der Waals surface area contributed by atoms with Gasteiger partial charge >= 0.3 is 0 Å². The van der Waals surface area contributed by atoms with Crippen LogP contribution in [0, 0.1) is 0 Å². The van der Waals surface area contributed by atoms with E-state index < -0.39 is 11.6 Å². The number of ether oxygens (including phenoxy) is 1. The van der Waals surface area contributed by atoms with E-state index in [1.807, 2.05) is 82.3 Å². The molecule has 0 aliphatic carbocycles. The first-order valence-corrected chi connectivity index (χ1v) is 12.9. The van der Waals surface area contributed by atoms with Crippen molar-refractivity contribution >= 4 is 34.4 Å². The van der Waals surface area contributed by atoms with Crippen molar-refractivity contribution in [1.29, 1.82) is 0 Å². The average Bonchev–Trinajstić information content (AvgIpc) is 3.27. The van der Waals surface area contributed by atoms with Crippen LogP contribution < -0.4 is 10.1 Å². The van der Waals surface area contributed by atoms with Crippen molar-refractivity contribution in [3.05, 3.63) is 88.9 Å². The largest absolute Gasteiger partial charge is 0.494 e. The number of fused-ring (bicyclic) bond motifs is 1. The standard InChI is InChI=1S/C29H32ClN5O3/c1-5-38-22-16-14-20(15-17-22)27(28(37)31-29(2,3)4)34(18-21-10-6-7-11-23(21)30)26(36)19-35-25-13-9-8-12-24(25)32-33-35/h6-17,27H,5,18-19H2,1-4H3,(H,31,37). The first-order valence-electron chi connectivity index (χ1n) is 12.5. The molecule has 1 unspecified atom stereocenters. The van der Waals surface area contributed by atoms with Gasteiger partial charge in [-0.05, 0) is 69.2 Å². The molecule has 198 valence electrons. The molecule has 0 aliphatic heterocycles. The van der Waals surface area contributed by atoms with Crippen molar-refractivity contribution < 1.29 is 14.3 Å². The molecule has 1 atom stereocenters. The zero-order valence-electron chi connectivity index (χ0n) is 22.0. The second-order valence-corrected chi connectivity index (χ2v) is 10.4. The van der Waals surface area contributed by atoms with Gasteiger partial charge in [0.2, 0.25) is 11.8 Å². The first kappa shape index (κ1) is 27.1. The predicted octanol–water partition coefficient (Wildman–Crippen LogP) is 5.17. The van der Waals surface area contributed by atoms with Gasteiger partial charge in [0.1, 0.15) is 23.9 Å². The van der Waals surface area contributed by atoms with Crippen LogP contribution in [0.3, 0.4) is 0 Å². The van der Waals surface area contributed by atoms with E-state index in [0.717, 1.165) is 11.1 Å². The minimum Gasteiger partial charge on any atom is -0.494 e. The van der Waals surface area contributed by atoms with Crippen LogP contribution in [0.4, 0.5) is 0 Å². The molecule has 1 aromatic heterocycles. The molecule has 2 amide bonds. The Morgan fingerprint density at radius 3 is 2.39 bits per heavy atom. The number of carbonyl (C=O) groups is 2. The SMILES string of the molecule is CCOc1ccc(C(C(=O)NC(C)(C)C)N(Cc2ccccc2Cl)C(=O)Cn2nnc3ccccc32)cc1. The number of nitrogens with zero attached hydrogens (tertiary/aromatic N) is 4. The fraction of sp³-hybridized carbons (Fsp3) is 0.310. The molecule has 38 heavy (non-hydrogen) atoms. The lowest BCUT2D eigenvalue weighted by Gasteiger charge is -2.34. The maximum atomic E-state index is 14.0. The zero-order chi connectivity index (χ0) is 27.3. The van der Waals surface area contributed by atoms with Gasteiger partial charge in [0.05, 0.1) is 12.1 Å². The van der Waals surface area contributed by atoms with Crippen LogP contribution >= 0.6 is 11.6 Å². The number of halogens is 1. The van der Waals surface area contributed by atoms with E-state index in [0.29, 0.717) is 28.5 Å². The highest BCUT2D eigenvalue weighted by Gasteiger charge is 2.34. The molecule has 0 bridgehead atoms. The molecule has 0 spiro atoms. The van der Waals surface area contributed by atoms with E-state index >= 15 is 0 Å². The second-order valence-electron chi connectivity index (χ2n) is 9.99. The van der Waals surface area contributed by atoms with E-state index in [2.05, 4.69) is 15.6 Å². The molecular formula is C29H32ClN5O3. The summed E-state index contributed by atoms with van der Waals surface area (Å²) in [6.07, 6.45) is 0. The number of carbonyl (C=O) groups excluding carboxylic acids is 2. The summed E-state index contributed by atoms with van der Waals surface area (Å²) in [6, 6.07) is 21.1. The normalized spacial score (nSPS) is 12.2. The molecule has 0 radical (unpaired) electrons. The minimum absolute atomic E-state index is 0.0959. The Morgan fingerprint density at radius 1 is 1.03 bits per heavy atom. The highest BCUT2D eigenvalue weighted by molar-refractivity contribution is 6.31. The molecule has 8 nitrogen and oxygen atoms in total. The number of rotatable bonds is 9. The summed E-state index contributed by atoms with van der Waals surface area (Å²) >= 11 is 6.50. The van der Waals surface area contributed by atoms with Crippen LogP contribution in [0.15, 0.2) is 72.8 Å². The van der Waals surface area contributed by atoms with Gasteiger partial charge in [-0.3, -0.25) is 9.59 Å². The second kappa shape index (κ2) is 11.6. The quantitative estimate of drug-likeness (QED) is 0.321. The molecule has 3 aromatic carbocycles. The molecule has 0 saturated heterocycles. The average molecular weight is 534 g/mol. The summed E-state index contributed by atoms with van der Waals surface area (Å²) in [4.78, 5) is 29.4. The van der Waals surface area contributed by atoms with Gasteiger partial charge in [0, 0.05) is 17.1 Å². The van der Waals surface area contributed by atoms with Gasteiger partial charge in [0.15, 0.2) is 0 Å². The van der Waals surface area contributed by atoms with E-state index in [1.54, 1.807) is 27.8 Å². The number of hydrogen-bond donors (Lipinski definition) is 1. The lowest BCUT2D eigenvalue weighted by atomic mass is 10.0. The number of aromatic nitrogens is 3. The lowest BCUT2D eigenvalue weighted by Crippen LogP contribution is -2.49. The number of para-hydroxylation sites is 1. The highest BCUT2D eigenvalue weighted by Crippen LogP contribution is 2.29. The molecule has 0 aliphatic rings. The third-order valence-electron chi connectivity index (χ3n) is 5.89. The smallest absolute Gasteiger partial charge is 0.247 e. The summed E-state index contributed by atoms with van der Waals surface area (Å²) in [6.45, 7) is 8.18. The maximum Gasteiger partial charge on any atom is 0.247 e. The maximum absolute atomic E-state index is 14.0. The fourth-order valence-electron chi connectivity index (χ4n) is 4.21. The Labute approximate surface area is 227 Å². The van der Waals surface area contributed by atoms with Gasteiger partial charge in [0.25, 0.3) is 0 Å². The highest BCUT2D eigenvalue weighted by atomic mass is 35.5. The number of nitrogens with one attached hydrogen (secondary N) is 1. The summed E-state index contributed by atoms with van der Waals surface area (Å²) in [5.41, 5.74) is 2.29. The predicted molar refractivity (Wildman–Crippen MR) is 148 cm³/mol. The molecular weight excluding hydrogens is 502 g/mol. The van der Waals surface area contributed by atoms with Crippen molar-refractivity contribution in [1.82, 2.24) is 25.2 Å². The lowest BCUT2D eigenvalue weighted by molar-refractivity contribution is -0.142.